The molecule has 0 amide bonds. The molecular weight excluding hydrogens is 267 g/mol. The number of likely N-dealkylation sites (tertiary alicyclic amines) is 1. The van der Waals surface area contributed by atoms with Crippen molar-refractivity contribution in [3.63, 3.8) is 0 Å². The molecule has 0 saturated carbocycles. The minimum atomic E-state index is -4.63. The van der Waals surface area contributed by atoms with Crippen LogP contribution in [0.25, 0.3) is 0 Å². The topological polar surface area (TPSA) is 12.5 Å². The van der Waals surface area contributed by atoms with E-state index < -0.39 is 6.36 Å². The Bertz CT molecular complexity index is 448. The third kappa shape index (κ3) is 3.66. The number of rotatable bonds is 2. The van der Waals surface area contributed by atoms with E-state index in [2.05, 4.69) is 30.4 Å². The summed E-state index contributed by atoms with van der Waals surface area (Å²) in [6.45, 7) is 7.50. The highest BCUT2D eigenvalue weighted by atomic mass is 19.4. The SMILES string of the molecule is CC(C)(C)N1CCCC1c1ccc(OC(F)(F)F)cc1. The lowest BCUT2D eigenvalue weighted by Crippen LogP contribution is -2.40. The first kappa shape index (κ1) is 15.2. The van der Waals surface area contributed by atoms with Crippen molar-refractivity contribution in [2.75, 3.05) is 6.54 Å². The summed E-state index contributed by atoms with van der Waals surface area (Å²) >= 11 is 0. The zero-order valence-electron chi connectivity index (χ0n) is 12.0. The average molecular weight is 287 g/mol. The fraction of sp³-hybridized carbons (Fsp3) is 0.600. The molecule has 0 N–H and O–H groups in total. The van der Waals surface area contributed by atoms with Gasteiger partial charge in [-0.1, -0.05) is 12.1 Å². The third-order valence-corrected chi connectivity index (χ3v) is 3.61. The molecule has 2 nitrogen and oxygen atoms in total. The zero-order chi connectivity index (χ0) is 15.0. The van der Waals surface area contributed by atoms with Crippen molar-refractivity contribution in [1.82, 2.24) is 4.90 Å². The molecule has 112 valence electrons. The molecule has 1 aromatic carbocycles. The molecule has 1 saturated heterocycles. The van der Waals surface area contributed by atoms with Crippen LogP contribution >= 0.6 is 0 Å². The van der Waals surface area contributed by atoms with E-state index in [1.54, 1.807) is 12.1 Å². The van der Waals surface area contributed by atoms with Crippen LogP contribution in [0.5, 0.6) is 5.75 Å². The van der Waals surface area contributed by atoms with E-state index in [1.807, 2.05) is 0 Å². The molecule has 0 bridgehead atoms. The Kier molecular flexibility index (Phi) is 4.00. The Morgan fingerprint density at radius 1 is 1.10 bits per heavy atom. The second kappa shape index (κ2) is 5.28. The second-order valence-electron chi connectivity index (χ2n) is 6.14. The first-order chi connectivity index (χ1) is 9.17. The van der Waals surface area contributed by atoms with Crippen LogP contribution in [0.3, 0.4) is 0 Å². The van der Waals surface area contributed by atoms with Gasteiger partial charge in [-0.05, 0) is 57.9 Å². The van der Waals surface area contributed by atoms with Crippen LogP contribution in [0, 0.1) is 0 Å². The lowest BCUT2D eigenvalue weighted by molar-refractivity contribution is -0.274. The maximum Gasteiger partial charge on any atom is 0.573 e. The fourth-order valence-corrected chi connectivity index (χ4v) is 2.81. The first-order valence-corrected chi connectivity index (χ1v) is 6.79. The van der Waals surface area contributed by atoms with Gasteiger partial charge in [0.25, 0.3) is 0 Å². The summed E-state index contributed by atoms with van der Waals surface area (Å²) in [5.41, 5.74) is 1.11. The number of alkyl halides is 3. The van der Waals surface area contributed by atoms with E-state index in [-0.39, 0.29) is 17.3 Å². The summed E-state index contributed by atoms with van der Waals surface area (Å²) in [4.78, 5) is 2.40. The van der Waals surface area contributed by atoms with Crippen LogP contribution < -0.4 is 4.74 Å². The molecule has 0 radical (unpaired) electrons. The first-order valence-electron chi connectivity index (χ1n) is 6.79. The van der Waals surface area contributed by atoms with Gasteiger partial charge < -0.3 is 4.74 Å². The standard InChI is InChI=1S/C15H20F3NO/c1-14(2,3)19-10-4-5-13(19)11-6-8-12(9-7-11)20-15(16,17)18/h6-9,13H,4-5,10H2,1-3H3. The number of nitrogens with zero attached hydrogens (tertiary/aromatic N) is 1. The van der Waals surface area contributed by atoms with Crippen LogP contribution in [-0.4, -0.2) is 23.3 Å². The Morgan fingerprint density at radius 2 is 1.70 bits per heavy atom. The van der Waals surface area contributed by atoms with Gasteiger partial charge in [0.05, 0.1) is 0 Å². The third-order valence-electron chi connectivity index (χ3n) is 3.61. The lowest BCUT2D eigenvalue weighted by Gasteiger charge is -2.37. The monoisotopic (exact) mass is 287 g/mol. The molecule has 1 aliphatic rings. The Morgan fingerprint density at radius 3 is 2.20 bits per heavy atom. The number of benzene rings is 1. The van der Waals surface area contributed by atoms with E-state index in [0.29, 0.717) is 0 Å². The molecule has 1 fully saturated rings. The molecule has 0 spiro atoms. The van der Waals surface area contributed by atoms with Gasteiger partial charge >= 0.3 is 6.36 Å². The van der Waals surface area contributed by atoms with Gasteiger partial charge in [-0.15, -0.1) is 13.2 Å². The largest absolute Gasteiger partial charge is 0.573 e. The lowest BCUT2D eigenvalue weighted by atomic mass is 9.99. The zero-order valence-corrected chi connectivity index (χ0v) is 12.0. The maximum atomic E-state index is 12.1. The van der Waals surface area contributed by atoms with Crippen LogP contribution in [0.2, 0.25) is 0 Å². The molecule has 1 atom stereocenters. The van der Waals surface area contributed by atoms with E-state index in [1.165, 1.54) is 12.1 Å². The fourth-order valence-electron chi connectivity index (χ4n) is 2.81. The van der Waals surface area contributed by atoms with Crippen molar-refractivity contribution in [3.8, 4) is 5.75 Å². The molecule has 0 aliphatic carbocycles. The van der Waals surface area contributed by atoms with Crippen molar-refractivity contribution in [2.24, 2.45) is 0 Å². The second-order valence-corrected chi connectivity index (χ2v) is 6.14. The van der Waals surface area contributed by atoms with Crippen molar-refractivity contribution in [2.45, 2.75) is 51.6 Å². The van der Waals surface area contributed by atoms with Gasteiger partial charge in [-0.25, -0.2) is 0 Å². The Labute approximate surface area is 117 Å². The van der Waals surface area contributed by atoms with Crippen LogP contribution in [0.1, 0.15) is 45.2 Å². The predicted octanol–water partition coefficient (Wildman–Crippen LogP) is 4.52. The van der Waals surface area contributed by atoms with Crippen molar-refractivity contribution < 1.29 is 17.9 Å². The highest BCUT2D eigenvalue weighted by Crippen LogP contribution is 2.37. The summed E-state index contributed by atoms with van der Waals surface area (Å²) in [5.74, 6) is -0.165. The summed E-state index contributed by atoms with van der Waals surface area (Å²) in [5, 5.41) is 0. The summed E-state index contributed by atoms with van der Waals surface area (Å²) in [6.07, 6.45) is -2.48. The van der Waals surface area contributed by atoms with Crippen LogP contribution in [0.4, 0.5) is 13.2 Å². The molecule has 20 heavy (non-hydrogen) atoms. The number of ether oxygens (including phenoxy) is 1. The van der Waals surface area contributed by atoms with Gasteiger partial charge in [-0.2, -0.15) is 0 Å². The predicted molar refractivity (Wildman–Crippen MR) is 71.6 cm³/mol. The molecule has 5 heteroatoms. The Hall–Kier alpha value is -1.23. The molecule has 1 aliphatic heterocycles. The minimum absolute atomic E-state index is 0.0578. The van der Waals surface area contributed by atoms with Gasteiger partial charge in [0, 0.05) is 11.6 Å². The van der Waals surface area contributed by atoms with Crippen molar-refractivity contribution in [3.05, 3.63) is 29.8 Å². The van der Waals surface area contributed by atoms with E-state index in [0.717, 1.165) is 24.9 Å². The smallest absolute Gasteiger partial charge is 0.406 e. The van der Waals surface area contributed by atoms with E-state index >= 15 is 0 Å². The Balaban J connectivity index is 2.14. The average Bonchev–Trinajstić information content (AvgIpc) is 2.76. The van der Waals surface area contributed by atoms with Crippen molar-refractivity contribution >= 4 is 0 Å². The maximum absolute atomic E-state index is 12.1. The van der Waals surface area contributed by atoms with Crippen molar-refractivity contribution in [1.29, 1.82) is 0 Å². The van der Waals surface area contributed by atoms with Gasteiger partial charge in [-0.3, -0.25) is 4.90 Å². The molecule has 2 rings (SSSR count). The summed E-state index contributed by atoms with van der Waals surface area (Å²) < 4.78 is 40.3. The highest BCUT2D eigenvalue weighted by molar-refractivity contribution is 5.30. The molecule has 1 heterocycles. The van der Waals surface area contributed by atoms with Gasteiger partial charge in [0.2, 0.25) is 0 Å². The van der Waals surface area contributed by atoms with Crippen LogP contribution in [-0.2, 0) is 0 Å². The number of hydrogen-bond acceptors (Lipinski definition) is 2. The number of hydrogen-bond donors (Lipinski definition) is 0. The molecule has 0 aromatic heterocycles. The molecular formula is C15H20F3NO. The van der Waals surface area contributed by atoms with Crippen LogP contribution in [0.15, 0.2) is 24.3 Å². The van der Waals surface area contributed by atoms with E-state index in [4.69, 9.17) is 0 Å². The highest BCUT2D eigenvalue weighted by Gasteiger charge is 2.34. The van der Waals surface area contributed by atoms with Gasteiger partial charge in [0.15, 0.2) is 0 Å². The quantitative estimate of drug-likeness (QED) is 0.793. The van der Waals surface area contributed by atoms with Gasteiger partial charge in [0.1, 0.15) is 5.75 Å². The number of halogens is 3. The molecule has 1 aromatic rings. The minimum Gasteiger partial charge on any atom is -0.406 e. The van der Waals surface area contributed by atoms with E-state index in [9.17, 15) is 13.2 Å². The molecule has 1 unspecified atom stereocenters. The summed E-state index contributed by atoms with van der Waals surface area (Å²) in [6, 6.07) is 6.52. The normalized spacial score (nSPS) is 21.2. The summed E-state index contributed by atoms with van der Waals surface area (Å²) in [7, 11) is 0.